The second kappa shape index (κ2) is 5.19. The van der Waals surface area contributed by atoms with E-state index in [2.05, 4.69) is 38.0 Å². The van der Waals surface area contributed by atoms with Crippen LogP contribution >= 0.6 is 15.9 Å². The summed E-state index contributed by atoms with van der Waals surface area (Å²) in [5.74, 6) is 0. The van der Waals surface area contributed by atoms with Crippen molar-refractivity contribution >= 4 is 30.4 Å². The van der Waals surface area contributed by atoms with Crippen molar-refractivity contribution in [2.75, 3.05) is 0 Å². The summed E-state index contributed by atoms with van der Waals surface area (Å²) in [6, 6.07) is 12.3. The monoisotopic (exact) mass is 364 g/mol. The van der Waals surface area contributed by atoms with Gasteiger partial charge in [0.15, 0.2) is 0 Å². The number of hydrogen-bond donors (Lipinski definition) is 0. The molecule has 0 aliphatic carbocycles. The Bertz CT molecular complexity index is 647. The van der Waals surface area contributed by atoms with Crippen molar-refractivity contribution in [3.05, 3.63) is 58.2 Å². The number of hydrogen-bond acceptors (Lipinski definition) is 2. The molecular weight excluding hydrogens is 355 g/mol. The second-order valence-corrected chi connectivity index (χ2v) is 6.50. The topological polar surface area (TPSA) is 25.8 Å². The number of aromatic nitrogens is 2. The summed E-state index contributed by atoms with van der Waals surface area (Å²) in [5, 5.41) is 0. The zero-order valence-corrected chi connectivity index (χ0v) is 12.7. The molecule has 0 amide bonds. The summed E-state index contributed by atoms with van der Waals surface area (Å²) >= 11 is 3.75. The number of benzene rings is 1. The molecule has 0 saturated heterocycles. The van der Waals surface area contributed by atoms with Crippen LogP contribution < -0.4 is 0 Å². The van der Waals surface area contributed by atoms with E-state index in [9.17, 15) is 0 Å². The molecule has 2 aromatic heterocycles. The van der Waals surface area contributed by atoms with Crippen LogP contribution in [0.15, 0.2) is 58.2 Å². The summed E-state index contributed by atoms with van der Waals surface area (Å²) in [7, 11) is 0. The summed E-state index contributed by atoms with van der Waals surface area (Å²) < 4.78 is 2.26. The molecular formula is C14H9BrN2Se. The van der Waals surface area contributed by atoms with Gasteiger partial charge in [0, 0.05) is 0 Å². The Kier molecular flexibility index (Phi) is 3.41. The summed E-state index contributed by atoms with van der Waals surface area (Å²) in [6.07, 6.45) is 3.62. The van der Waals surface area contributed by atoms with Crippen molar-refractivity contribution in [2.45, 2.75) is 0 Å². The van der Waals surface area contributed by atoms with Crippen molar-refractivity contribution in [1.82, 2.24) is 9.97 Å². The number of rotatable bonds is 2. The van der Waals surface area contributed by atoms with E-state index in [0.29, 0.717) is 14.5 Å². The molecule has 0 saturated carbocycles. The van der Waals surface area contributed by atoms with Gasteiger partial charge < -0.3 is 0 Å². The van der Waals surface area contributed by atoms with Gasteiger partial charge in [0.25, 0.3) is 0 Å². The molecule has 2 nitrogen and oxygen atoms in total. The Morgan fingerprint density at radius 2 is 1.61 bits per heavy atom. The molecule has 0 radical (unpaired) electrons. The maximum absolute atomic E-state index is 4.72. The van der Waals surface area contributed by atoms with Gasteiger partial charge in [0.05, 0.1) is 0 Å². The van der Waals surface area contributed by atoms with Crippen LogP contribution in [-0.4, -0.2) is 24.5 Å². The molecule has 0 spiro atoms. The van der Waals surface area contributed by atoms with Crippen molar-refractivity contribution in [2.24, 2.45) is 0 Å². The molecule has 1 aromatic carbocycles. The van der Waals surface area contributed by atoms with E-state index in [4.69, 9.17) is 4.98 Å². The van der Waals surface area contributed by atoms with Gasteiger partial charge >= 0.3 is 120 Å². The van der Waals surface area contributed by atoms with Crippen molar-refractivity contribution < 1.29 is 0 Å². The van der Waals surface area contributed by atoms with Gasteiger partial charge in [-0.1, -0.05) is 0 Å². The minimum atomic E-state index is 0.309. The zero-order chi connectivity index (χ0) is 12.4. The zero-order valence-electron chi connectivity index (χ0n) is 9.38. The first kappa shape index (κ1) is 11.8. The van der Waals surface area contributed by atoms with Crippen LogP contribution in [0.25, 0.3) is 21.4 Å². The molecule has 0 atom stereocenters. The van der Waals surface area contributed by atoms with E-state index in [-0.39, 0.29) is 0 Å². The van der Waals surface area contributed by atoms with E-state index < -0.39 is 0 Å². The Morgan fingerprint density at radius 3 is 2.33 bits per heavy atom. The average Bonchev–Trinajstić information content (AvgIpc) is 2.90. The first-order valence-electron chi connectivity index (χ1n) is 5.45. The molecule has 4 heteroatoms. The van der Waals surface area contributed by atoms with Gasteiger partial charge in [0.2, 0.25) is 0 Å². The molecule has 3 aromatic rings. The molecule has 88 valence electrons. The van der Waals surface area contributed by atoms with Gasteiger partial charge in [0.1, 0.15) is 0 Å². The third-order valence-electron chi connectivity index (χ3n) is 2.57. The standard InChI is InChI=1S/C14H9BrN2Se/c15-12-3-1-10(2-4-12)13-9-18-14(17-13)11-5-7-16-8-6-11/h1-9H. The van der Waals surface area contributed by atoms with Crippen LogP contribution in [0.5, 0.6) is 0 Å². The number of pyridine rings is 1. The Morgan fingerprint density at radius 1 is 0.889 bits per heavy atom. The first-order chi connectivity index (χ1) is 8.83. The maximum atomic E-state index is 4.72. The molecule has 0 aliphatic heterocycles. The van der Waals surface area contributed by atoms with Crippen LogP contribution in [-0.2, 0) is 0 Å². The Labute approximate surface area is 120 Å². The Hall–Kier alpha value is -1.22. The molecule has 18 heavy (non-hydrogen) atoms. The van der Waals surface area contributed by atoms with E-state index >= 15 is 0 Å². The molecule has 0 bridgehead atoms. The van der Waals surface area contributed by atoms with Crippen molar-refractivity contribution in [3.8, 4) is 21.4 Å². The van der Waals surface area contributed by atoms with Crippen LogP contribution in [0, 0.1) is 0 Å². The first-order valence-corrected chi connectivity index (χ1v) is 8.09. The van der Waals surface area contributed by atoms with Gasteiger partial charge in [-0.3, -0.25) is 0 Å². The predicted molar refractivity (Wildman–Crippen MR) is 77.5 cm³/mol. The van der Waals surface area contributed by atoms with E-state index in [1.165, 1.54) is 15.7 Å². The van der Waals surface area contributed by atoms with Gasteiger partial charge in [-0.15, -0.1) is 0 Å². The fourth-order valence-corrected chi connectivity index (χ4v) is 3.67. The van der Waals surface area contributed by atoms with Crippen LogP contribution in [0.1, 0.15) is 0 Å². The van der Waals surface area contributed by atoms with Crippen LogP contribution in [0.2, 0.25) is 0 Å². The molecule has 0 unspecified atom stereocenters. The summed E-state index contributed by atoms with van der Waals surface area (Å²) in [6.45, 7) is 0. The summed E-state index contributed by atoms with van der Waals surface area (Å²) in [4.78, 5) is 11.0. The quantitative estimate of drug-likeness (QED) is 0.649. The van der Waals surface area contributed by atoms with Crippen LogP contribution in [0.3, 0.4) is 0 Å². The van der Waals surface area contributed by atoms with Gasteiger partial charge in [-0.2, -0.15) is 0 Å². The van der Waals surface area contributed by atoms with Crippen molar-refractivity contribution in [1.29, 1.82) is 0 Å². The van der Waals surface area contributed by atoms with Gasteiger partial charge in [-0.25, -0.2) is 0 Å². The van der Waals surface area contributed by atoms with Gasteiger partial charge in [-0.05, 0) is 0 Å². The molecule has 0 fully saturated rings. The van der Waals surface area contributed by atoms with E-state index in [1.54, 1.807) is 0 Å². The second-order valence-electron chi connectivity index (χ2n) is 3.78. The molecule has 0 N–H and O–H groups in total. The molecule has 3 rings (SSSR count). The SMILES string of the molecule is Brc1ccc(-c2c[se]c(-c3ccncc3)n2)cc1. The third-order valence-corrected chi connectivity index (χ3v) is 4.97. The fourth-order valence-electron chi connectivity index (χ4n) is 1.65. The Balaban J connectivity index is 1.97. The van der Waals surface area contributed by atoms with Crippen LogP contribution in [0.4, 0.5) is 0 Å². The van der Waals surface area contributed by atoms with Crippen molar-refractivity contribution in [3.63, 3.8) is 0 Å². The third kappa shape index (κ3) is 2.46. The molecule has 0 aliphatic rings. The minimum absolute atomic E-state index is 0.309. The fraction of sp³-hybridized carbons (Fsp3) is 0. The average molecular weight is 364 g/mol. The molecule has 2 heterocycles. The van der Waals surface area contributed by atoms with E-state index in [1.807, 2.05) is 36.7 Å². The summed E-state index contributed by atoms with van der Waals surface area (Å²) in [5.41, 5.74) is 3.42. The number of halogens is 1. The van der Waals surface area contributed by atoms with E-state index in [0.717, 1.165) is 10.2 Å². The predicted octanol–water partition coefficient (Wildman–Crippen LogP) is 3.63. The normalized spacial score (nSPS) is 10.5. The number of nitrogens with zero attached hydrogens (tertiary/aromatic N) is 2.